The van der Waals surface area contributed by atoms with Crippen molar-refractivity contribution in [2.75, 3.05) is 13.1 Å². The van der Waals surface area contributed by atoms with Crippen LogP contribution in [0.25, 0.3) is 0 Å². The molecule has 22 heavy (non-hydrogen) atoms. The highest BCUT2D eigenvalue weighted by Gasteiger charge is 2.61. The lowest BCUT2D eigenvalue weighted by Crippen LogP contribution is -2.41. The van der Waals surface area contributed by atoms with Crippen LogP contribution in [-0.4, -0.2) is 35.0 Å². The van der Waals surface area contributed by atoms with Gasteiger partial charge in [0.15, 0.2) is 0 Å². The van der Waals surface area contributed by atoms with E-state index in [1.165, 1.54) is 5.57 Å². The van der Waals surface area contributed by atoms with Gasteiger partial charge in [-0.25, -0.2) is 0 Å². The fourth-order valence-corrected chi connectivity index (χ4v) is 3.84. The highest BCUT2D eigenvalue weighted by atomic mass is 16.4. The molecule has 3 atom stereocenters. The Bertz CT molecular complexity index is 477. The Hall–Kier alpha value is -1.32. The number of aliphatic carboxylic acids is 1. The van der Waals surface area contributed by atoms with E-state index in [9.17, 15) is 9.59 Å². The summed E-state index contributed by atoms with van der Waals surface area (Å²) in [4.78, 5) is 25.5. The summed E-state index contributed by atoms with van der Waals surface area (Å²) in [7, 11) is 0. The number of likely N-dealkylation sites (tertiary alicyclic amines) is 1. The lowest BCUT2D eigenvalue weighted by Gasteiger charge is -2.33. The van der Waals surface area contributed by atoms with Crippen LogP contribution in [0, 0.1) is 23.2 Å². The number of amides is 1. The van der Waals surface area contributed by atoms with Crippen molar-refractivity contribution < 1.29 is 14.7 Å². The van der Waals surface area contributed by atoms with E-state index in [0.717, 1.165) is 25.9 Å². The molecule has 1 amide bonds. The maximum absolute atomic E-state index is 12.8. The number of allylic oxidation sites excluding steroid dienone is 2. The molecule has 2 aliphatic rings. The Balaban J connectivity index is 1.95. The van der Waals surface area contributed by atoms with Crippen molar-refractivity contribution in [2.45, 2.75) is 53.4 Å². The summed E-state index contributed by atoms with van der Waals surface area (Å²) in [6.07, 6.45) is 5.17. The third kappa shape index (κ3) is 3.71. The smallest absolute Gasteiger partial charge is 0.303 e. The summed E-state index contributed by atoms with van der Waals surface area (Å²) in [5.74, 6) is 0.325. The van der Waals surface area contributed by atoms with Crippen LogP contribution in [-0.2, 0) is 9.59 Å². The third-order valence-corrected chi connectivity index (χ3v) is 5.29. The molecule has 1 heterocycles. The minimum atomic E-state index is -0.740. The van der Waals surface area contributed by atoms with Crippen molar-refractivity contribution in [3.63, 3.8) is 0 Å². The molecule has 0 aromatic heterocycles. The van der Waals surface area contributed by atoms with Crippen molar-refractivity contribution in [1.29, 1.82) is 0 Å². The van der Waals surface area contributed by atoms with Crippen LogP contribution in [0.15, 0.2) is 11.6 Å². The van der Waals surface area contributed by atoms with Crippen LogP contribution in [0.1, 0.15) is 53.4 Å². The molecule has 1 N–H and O–H groups in total. The Morgan fingerprint density at radius 1 is 1.32 bits per heavy atom. The van der Waals surface area contributed by atoms with Gasteiger partial charge in [-0.15, -0.1) is 0 Å². The minimum Gasteiger partial charge on any atom is -0.481 e. The lowest BCUT2D eigenvalue weighted by molar-refractivity contribution is -0.137. The lowest BCUT2D eigenvalue weighted by atomic mass is 9.93. The Morgan fingerprint density at radius 2 is 2.00 bits per heavy atom. The fraction of sp³-hybridized carbons (Fsp3) is 0.778. The van der Waals surface area contributed by atoms with Crippen LogP contribution in [0.5, 0.6) is 0 Å². The van der Waals surface area contributed by atoms with Gasteiger partial charge in [-0.3, -0.25) is 9.59 Å². The molecule has 1 aliphatic heterocycles. The number of carbonyl (C=O) groups is 2. The molecule has 1 aliphatic carbocycles. The van der Waals surface area contributed by atoms with Crippen molar-refractivity contribution in [3.8, 4) is 0 Å². The molecule has 2 fully saturated rings. The maximum atomic E-state index is 12.8. The predicted molar refractivity (Wildman–Crippen MR) is 86.4 cm³/mol. The van der Waals surface area contributed by atoms with Gasteiger partial charge < -0.3 is 10.0 Å². The van der Waals surface area contributed by atoms with Crippen LogP contribution in [0.3, 0.4) is 0 Å². The first kappa shape index (κ1) is 17.0. The molecule has 0 radical (unpaired) electrons. The number of hydrogen-bond acceptors (Lipinski definition) is 2. The molecule has 4 heteroatoms. The molecule has 0 aromatic rings. The van der Waals surface area contributed by atoms with Gasteiger partial charge in [0.1, 0.15) is 0 Å². The number of carboxylic acids is 1. The SMILES string of the molecule is CC(C)=CC1C(C(=O)N2CCCC(CCC(=O)O)C2)C1(C)C. The van der Waals surface area contributed by atoms with Gasteiger partial charge in [0.2, 0.25) is 5.91 Å². The van der Waals surface area contributed by atoms with E-state index in [1.54, 1.807) is 0 Å². The van der Waals surface area contributed by atoms with Gasteiger partial charge in [-0.05, 0) is 50.4 Å². The van der Waals surface area contributed by atoms with Gasteiger partial charge in [0.05, 0.1) is 5.92 Å². The summed E-state index contributed by atoms with van der Waals surface area (Å²) in [6, 6.07) is 0. The number of piperidine rings is 1. The summed E-state index contributed by atoms with van der Waals surface area (Å²) in [5, 5.41) is 8.82. The molecular formula is C18H29NO3. The number of hydrogen-bond donors (Lipinski definition) is 1. The Morgan fingerprint density at radius 3 is 2.59 bits per heavy atom. The Labute approximate surface area is 133 Å². The Kier molecular flexibility index (Phi) is 4.98. The molecule has 0 aromatic carbocycles. The second-order valence-corrected chi connectivity index (χ2v) is 7.79. The predicted octanol–water partition coefficient (Wildman–Crippen LogP) is 3.33. The first-order valence-electron chi connectivity index (χ1n) is 8.39. The summed E-state index contributed by atoms with van der Waals surface area (Å²) >= 11 is 0. The monoisotopic (exact) mass is 307 g/mol. The first-order valence-corrected chi connectivity index (χ1v) is 8.39. The molecule has 4 nitrogen and oxygen atoms in total. The summed E-state index contributed by atoms with van der Waals surface area (Å²) < 4.78 is 0. The zero-order valence-corrected chi connectivity index (χ0v) is 14.3. The number of carbonyl (C=O) groups excluding carboxylic acids is 1. The second kappa shape index (κ2) is 6.43. The largest absolute Gasteiger partial charge is 0.481 e. The molecule has 124 valence electrons. The number of nitrogens with zero attached hydrogens (tertiary/aromatic N) is 1. The van der Waals surface area contributed by atoms with Crippen LogP contribution in [0.2, 0.25) is 0 Å². The van der Waals surface area contributed by atoms with E-state index in [2.05, 4.69) is 33.8 Å². The highest BCUT2D eigenvalue weighted by molar-refractivity contribution is 5.84. The molecular weight excluding hydrogens is 278 g/mol. The quantitative estimate of drug-likeness (QED) is 0.793. The molecule has 0 spiro atoms. The van der Waals surface area contributed by atoms with Crippen LogP contribution in [0.4, 0.5) is 0 Å². The molecule has 2 rings (SSSR count). The van der Waals surface area contributed by atoms with Crippen molar-refractivity contribution in [2.24, 2.45) is 23.2 Å². The van der Waals surface area contributed by atoms with E-state index in [1.807, 2.05) is 4.90 Å². The number of carboxylic acid groups (broad SMARTS) is 1. The number of rotatable bonds is 5. The third-order valence-electron chi connectivity index (χ3n) is 5.29. The van der Waals surface area contributed by atoms with Crippen molar-refractivity contribution >= 4 is 11.9 Å². The maximum Gasteiger partial charge on any atom is 0.303 e. The second-order valence-electron chi connectivity index (χ2n) is 7.79. The topological polar surface area (TPSA) is 57.6 Å². The average molecular weight is 307 g/mol. The van der Waals surface area contributed by atoms with Crippen molar-refractivity contribution in [3.05, 3.63) is 11.6 Å². The molecule has 1 saturated heterocycles. The van der Waals surface area contributed by atoms with Crippen molar-refractivity contribution in [1.82, 2.24) is 4.90 Å². The van der Waals surface area contributed by atoms with Crippen LogP contribution < -0.4 is 0 Å². The normalized spacial score (nSPS) is 29.8. The van der Waals surface area contributed by atoms with Crippen LogP contribution >= 0.6 is 0 Å². The zero-order chi connectivity index (χ0) is 16.5. The van der Waals surface area contributed by atoms with E-state index >= 15 is 0 Å². The molecule has 0 bridgehead atoms. The zero-order valence-electron chi connectivity index (χ0n) is 14.3. The van der Waals surface area contributed by atoms with Gasteiger partial charge in [-0.2, -0.15) is 0 Å². The van der Waals surface area contributed by atoms with Gasteiger partial charge in [0, 0.05) is 19.5 Å². The summed E-state index contributed by atoms with van der Waals surface area (Å²) in [5.41, 5.74) is 1.33. The molecule has 3 unspecified atom stereocenters. The minimum absolute atomic E-state index is 0.0579. The standard InChI is InChI=1S/C18H29NO3/c1-12(2)10-14-16(18(14,3)4)17(22)19-9-5-6-13(11-19)7-8-15(20)21/h10,13-14,16H,5-9,11H2,1-4H3,(H,20,21). The fourth-order valence-electron chi connectivity index (χ4n) is 3.84. The van der Waals surface area contributed by atoms with E-state index in [0.29, 0.717) is 18.3 Å². The highest BCUT2D eigenvalue weighted by Crippen LogP contribution is 2.60. The van der Waals surface area contributed by atoms with Gasteiger partial charge in [0.25, 0.3) is 0 Å². The van der Waals surface area contributed by atoms with Gasteiger partial charge >= 0.3 is 5.97 Å². The van der Waals surface area contributed by atoms with E-state index in [-0.39, 0.29) is 23.7 Å². The average Bonchev–Trinajstić information content (AvgIpc) is 2.96. The summed E-state index contributed by atoms with van der Waals surface area (Å²) in [6.45, 7) is 10.1. The van der Waals surface area contributed by atoms with E-state index in [4.69, 9.17) is 5.11 Å². The molecule has 1 saturated carbocycles. The van der Waals surface area contributed by atoms with Gasteiger partial charge in [-0.1, -0.05) is 25.5 Å². The van der Waals surface area contributed by atoms with E-state index < -0.39 is 5.97 Å². The first-order chi connectivity index (χ1) is 10.2.